The molecule has 82 valence electrons. The van der Waals surface area contributed by atoms with Crippen molar-refractivity contribution < 1.29 is 4.79 Å². The predicted octanol–water partition coefficient (Wildman–Crippen LogP) is 0.827. The van der Waals surface area contributed by atoms with E-state index >= 15 is 0 Å². The summed E-state index contributed by atoms with van der Waals surface area (Å²) in [6.07, 6.45) is 0. The lowest BCUT2D eigenvalue weighted by atomic mass is 10.3. The number of benzene rings is 1. The van der Waals surface area contributed by atoms with E-state index in [0.717, 1.165) is 0 Å². The van der Waals surface area contributed by atoms with Crippen LogP contribution in [0.4, 0.5) is 5.69 Å². The quantitative estimate of drug-likeness (QED) is 0.653. The van der Waals surface area contributed by atoms with E-state index in [1.54, 1.807) is 12.1 Å². The summed E-state index contributed by atoms with van der Waals surface area (Å²) in [5.41, 5.74) is 5.90. The fourth-order valence-corrected chi connectivity index (χ4v) is 1.24. The van der Waals surface area contributed by atoms with Gasteiger partial charge in [0.05, 0.1) is 17.3 Å². The third kappa shape index (κ3) is 4.29. The number of nitrogens with two attached hydrogens (primary N) is 1. The summed E-state index contributed by atoms with van der Waals surface area (Å²) in [7, 11) is 0. The maximum absolute atomic E-state index is 11.4. The molecule has 0 bridgehead atoms. The maximum atomic E-state index is 11.4. The van der Waals surface area contributed by atoms with Crippen molar-refractivity contribution in [1.29, 1.82) is 0 Å². The van der Waals surface area contributed by atoms with Crippen molar-refractivity contribution in [3.63, 3.8) is 0 Å². The van der Waals surface area contributed by atoms with Crippen molar-refractivity contribution in [2.75, 3.05) is 25.0 Å². The highest BCUT2D eigenvalue weighted by Gasteiger charge is 2.03. The Balaban J connectivity index is 2.41. The molecule has 5 heteroatoms. The van der Waals surface area contributed by atoms with Crippen LogP contribution in [-0.4, -0.2) is 25.5 Å². The number of anilines is 1. The Morgan fingerprint density at radius 1 is 1.40 bits per heavy atom. The van der Waals surface area contributed by atoms with E-state index in [2.05, 4.69) is 10.6 Å². The SMILES string of the molecule is NCCNCC(=O)Nc1ccccc1Cl. The molecule has 0 aliphatic rings. The van der Waals surface area contributed by atoms with Crippen molar-refractivity contribution in [3.8, 4) is 0 Å². The number of nitrogens with one attached hydrogen (secondary N) is 2. The smallest absolute Gasteiger partial charge is 0.238 e. The van der Waals surface area contributed by atoms with Gasteiger partial charge in [-0.1, -0.05) is 23.7 Å². The van der Waals surface area contributed by atoms with Gasteiger partial charge in [-0.25, -0.2) is 0 Å². The standard InChI is InChI=1S/C10H14ClN3O/c11-8-3-1-2-4-9(8)14-10(15)7-13-6-5-12/h1-4,13H,5-7,12H2,(H,14,15). The molecular formula is C10H14ClN3O. The highest BCUT2D eigenvalue weighted by molar-refractivity contribution is 6.33. The summed E-state index contributed by atoms with van der Waals surface area (Å²) in [4.78, 5) is 11.4. The first-order valence-corrected chi connectivity index (χ1v) is 5.07. The number of halogens is 1. The van der Waals surface area contributed by atoms with Gasteiger partial charge in [0.1, 0.15) is 0 Å². The van der Waals surface area contributed by atoms with E-state index < -0.39 is 0 Å². The highest BCUT2D eigenvalue weighted by atomic mass is 35.5. The fourth-order valence-electron chi connectivity index (χ4n) is 1.06. The molecule has 0 aliphatic heterocycles. The molecule has 0 saturated heterocycles. The molecule has 4 N–H and O–H groups in total. The van der Waals surface area contributed by atoms with Gasteiger partial charge in [-0.3, -0.25) is 4.79 Å². The normalized spacial score (nSPS) is 10.0. The van der Waals surface area contributed by atoms with Crippen LogP contribution in [0.3, 0.4) is 0 Å². The highest BCUT2D eigenvalue weighted by Crippen LogP contribution is 2.19. The summed E-state index contributed by atoms with van der Waals surface area (Å²) in [6, 6.07) is 7.10. The number of carbonyl (C=O) groups excluding carboxylic acids is 1. The summed E-state index contributed by atoms with van der Waals surface area (Å²) in [5, 5.41) is 6.12. The van der Waals surface area contributed by atoms with E-state index in [4.69, 9.17) is 17.3 Å². The molecule has 1 amide bonds. The Kier molecular flexibility index (Phi) is 5.10. The van der Waals surface area contributed by atoms with Crippen molar-refractivity contribution in [2.45, 2.75) is 0 Å². The summed E-state index contributed by atoms with van der Waals surface area (Å²) in [5.74, 6) is -0.128. The lowest BCUT2D eigenvalue weighted by Gasteiger charge is -2.07. The van der Waals surface area contributed by atoms with Crippen molar-refractivity contribution in [3.05, 3.63) is 29.3 Å². The van der Waals surface area contributed by atoms with Crippen LogP contribution in [0.25, 0.3) is 0 Å². The molecule has 0 fully saturated rings. The maximum Gasteiger partial charge on any atom is 0.238 e. The molecule has 0 spiro atoms. The zero-order valence-electron chi connectivity index (χ0n) is 8.29. The van der Waals surface area contributed by atoms with Gasteiger partial charge in [-0.05, 0) is 12.1 Å². The molecule has 0 aliphatic carbocycles. The summed E-state index contributed by atoms with van der Waals surface area (Å²) < 4.78 is 0. The Bertz CT molecular complexity index is 330. The van der Waals surface area contributed by atoms with Gasteiger partial charge in [-0.15, -0.1) is 0 Å². The molecule has 0 saturated carbocycles. The van der Waals surface area contributed by atoms with Crippen molar-refractivity contribution >= 4 is 23.2 Å². The zero-order valence-corrected chi connectivity index (χ0v) is 9.05. The monoisotopic (exact) mass is 227 g/mol. The number of amides is 1. The first kappa shape index (κ1) is 12.0. The number of carbonyl (C=O) groups is 1. The molecule has 1 rings (SSSR count). The largest absolute Gasteiger partial charge is 0.329 e. The van der Waals surface area contributed by atoms with Crippen molar-refractivity contribution in [1.82, 2.24) is 5.32 Å². The Hall–Kier alpha value is -1.10. The molecular weight excluding hydrogens is 214 g/mol. The average Bonchev–Trinajstić information content (AvgIpc) is 2.22. The Morgan fingerprint density at radius 2 is 2.13 bits per heavy atom. The van der Waals surface area contributed by atoms with Crippen LogP contribution >= 0.6 is 11.6 Å². The van der Waals surface area contributed by atoms with E-state index in [1.165, 1.54) is 0 Å². The second-order valence-electron chi connectivity index (χ2n) is 2.99. The van der Waals surface area contributed by atoms with Gasteiger partial charge in [0.15, 0.2) is 0 Å². The van der Waals surface area contributed by atoms with Crippen LogP contribution in [0, 0.1) is 0 Å². The van der Waals surface area contributed by atoms with E-state index in [0.29, 0.717) is 23.8 Å². The number of rotatable bonds is 5. The summed E-state index contributed by atoms with van der Waals surface area (Å²) >= 11 is 5.87. The van der Waals surface area contributed by atoms with Crippen LogP contribution in [0.5, 0.6) is 0 Å². The Morgan fingerprint density at radius 3 is 2.80 bits per heavy atom. The van der Waals surface area contributed by atoms with Crippen LogP contribution in [0.15, 0.2) is 24.3 Å². The van der Waals surface area contributed by atoms with E-state index in [9.17, 15) is 4.79 Å². The fraction of sp³-hybridized carbons (Fsp3) is 0.300. The van der Waals surface area contributed by atoms with Gasteiger partial charge < -0.3 is 16.4 Å². The topological polar surface area (TPSA) is 67.1 Å². The molecule has 0 radical (unpaired) electrons. The van der Waals surface area contributed by atoms with Gasteiger partial charge in [0.25, 0.3) is 0 Å². The molecule has 0 heterocycles. The molecule has 0 aromatic heterocycles. The lowest BCUT2D eigenvalue weighted by Crippen LogP contribution is -2.31. The van der Waals surface area contributed by atoms with Crippen LogP contribution < -0.4 is 16.4 Å². The van der Waals surface area contributed by atoms with Crippen LogP contribution in [0.1, 0.15) is 0 Å². The zero-order chi connectivity index (χ0) is 11.1. The van der Waals surface area contributed by atoms with Crippen LogP contribution in [0.2, 0.25) is 5.02 Å². The average molecular weight is 228 g/mol. The lowest BCUT2D eigenvalue weighted by molar-refractivity contribution is -0.115. The van der Waals surface area contributed by atoms with Crippen LogP contribution in [-0.2, 0) is 4.79 Å². The molecule has 15 heavy (non-hydrogen) atoms. The minimum atomic E-state index is -0.128. The van der Waals surface area contributed by atoms with E-state index in [-0.39, 0.29) is 12.5 Å². The van der Waals surface area contributed by atoms with Gasteiger partial charge in [0.2, 0.25) is 5.91 Å². The van der Waals surface area contributed by atoms with Gasteiger partial charge >= 0.3 is 0 Å². The van der Waals surface area contributed by atoms with Crippen molar-refractivity contribution in [2.24, 2.45) is 5.73 Å². The second-order valence-corrected chi connectivity index (χ2v) is 3.40. The number of hydrogen-bond donors (Lipinski definition) is 3. The molecule has 0 unspecified atom stereocenters. The second kappa shape index (κ2) is 6.40. The molecule has 4 nitrogen and oxygen atoms in total. The first-order chi connectivity index (χ1) is 7.24. The molecule has 0 atom stereocenters. The minimum Gasteiger partial charge on any atom is -0.329 e. The summed E-state index contributed by atoms with van der Waals surface area (Å²) in [6.45, 7) is 1.37. The van der Waals surface area contributed by atoms with E-state index in [1.807, 2.05) is 12.1 Å². The van der Waals surface area contributed by atoms with Gasteiger partial charge in [0, 0.05) is 13.1 Å². The Labute approximate surface area is 93.8 Å². The molecule has 1 aromatic carbocycles. The minimum absolute atomic E-state index is 0.128. The predicted molar refractivity (Wildman–Crippen MR) is 62.0 cm³/mol. The number of para-hydroxylation sites is 1. The van der Waals surface area contributed by atoms with Gasteiger partial charge in [-0.2, -0.15) is 0 Å². The number of hydrogen-bond acceptors (Lipinski definition) is 3. The first-order valence-electron chi connectivity index (χ1n) is 4.69. The molecule has 1 aromatic rings. The third-order valence-corrected chi connectivity index (χ3v) is 2.08. The third-order valence-electron chi connectivity index (χ3n) is 1.75.